The van der Waals surface area contributed by atoms with Crippen LogP contribution in [0.15, 0.2) is 12.1 Å². The van der Waals surface area contributed by atoms with E-state index in [4.69, 9.17) is 25.8 Å². The molecule has 2 heterocycles. The molecule has 5 nitrogen and oxygen atoms in total. The Morgan fingerprint density at radius 2 is 2.08 bits per heavy atom. The summed E-state index contributed by atoms with van der Waals surface area (Å²) in [5.41, 5.74) is 1.19. The van der Waals surface area contributed by atoms with Gasteiger partial charge < -0.3 is 24.8 Å². The van der Waals surface area contributed by atoms with Gasteiger partial charge in [-0.1, -0.05) is 18.0 Å². The molecule has 0 bridgehead atoms. The molecule has 2 fully saturated rings. The van der Waals surface area contributed by atoms with Crippen molar-refractivity contribution in [1.82, 2.24) is 10.6 Å². The van der Waals surface area contributed by atoms with Crippen LogP contribution in [-0.2, 0) is 11.2 Å². The molecule has 1 aliphatic carbocycles. The summed E-state index contributed by atoms with van der Waals surface area (Å²) in [5, 5.41) is 8.04. The maximum absolute atomic E-state index is 6.33. The molecule has 3 unspecified atom stereocenters. The van der Waals surface area contributed by atoms with Gasteiger partial charge in [-0.05, 0) is 49.4 Å². The van der Waals surface area contributed by atoms with Gasteiger partial charge in [0, 0.05) is 18.6 Å². The lowest BCUT2D eigenvalue weighted by atomic mass is 9.94. The molecule has 0 spiro atoms. The topological polar surface area (TPSA) is 51.8 Å². The largest absolute Gasteiger partial charge is 0.486 e. The summed E-state index contributed by atoms with van der Waals surface area (Å²) >= 11 is 6.33. The zero-order valence-electron chi connectivity index (χ0n) is 14.6. The normalized spacial score (nSPS) is 28.9. The van der Waals surface area contributed by atoms with Gasteiger partial charge in [-0.15, -0.1) is 0 Å². The fourth-order valence-corrected chi connectivity index (χ4v) is 4.58. The smallest absolute Gasteiger partial charge is 0.179 e. The van der Waals surface area contributed by atoms with Gasteiger partial charge in [0.05, 0.1) is 18.2 Å². The number of morpholine rings is 1. The van der Waals surface area contributed by atoms with Gasteiger partial charge >= 0.3 is 0 Å². The van der Waals surface area contributed by atoms with Gasteiger partial charge in [0.25, 0.3) is 0 Å². The fraction of sp³-hybridized carbons (Fsp3) is 0.684. The Balaban J connectivity index is 1.32. The molecule has 6 heteroatoms. The number of hydrogen-bond acceptors (Lipinski definition) is 5. The molecule has 2 N–H and O–H groups in total. The Morgan fingerprint density at radius 3 is 2.96 bits per heavy atom. The summed E-state index contributed by atoms with van der Waals surface area (Å²) in [7, 11) is 0. The number of rotatable bonds is 5. The van der Waals surface area contributed by atoms with Crippen LogP contribution in [0.2, 0.25) is 5.02 Å². The van der Waals surface area contributed by atoms with Crippen molar-refractivity contribution < 1.29 is 14.2 Å². The van der Waals surface area contributed by atoms with Crippen LogP contribution in [-0.4, -0.2) is 51.6 Å². The predicted molar refractivity (Wildman–Crippen MR) is 97.9 cm³/mol. The van der Waals surface area contributed by atoms with Crippen LogP contribution < -0.4 is 20.1 Å². The van der Waals surface area contributed by atoms with E-state index in [-0.39, 0.29) is 0 Å². The van der Waals surface area contributed by atoms with Crippen LogP contribution in [0, 0.1) is 5.92 Å². The molecule has 1 aromatic rings. The molecular formula is C19H27ClN2O3. The molecule has 0 amide bonds. The SMILES string of the molecule is Clc1cc(CCNC2CCCC2C2COCCN2)cc2c1OCCO2. The summed E-state index contributed by atoms with van der Waals surface area (Å²) in [6, 6.07) is 5.13. The number of hydrogen-bond donors (Lipinski definition) is 2. The van der Waals surface area contributed by atoms with Crippen molar-refractivity contribution in [2.45, 2.75) is 37.8 Å². The Morgan fingerprint density at radius 1 is 1.16 bits per heavy atom. The summed E-state index contributed by atoms with van der Waals surface area (Å²) in [6.45, 7) is 4.77. The van der Waals surface area contributed by atoms with E-state index in [2.05, 4.69) is 16.7 Å². The molecule has 4 rings (SSSR count). The van der Waals surface area contributed by atoms with E-state index in [1.54, 1.807) is 0 Å². The molecule has 3 aliphatic rings. The van der Waals surface area contributed by atoms with Crippen molar-refractivity contribution in [3.63, 3.8) is 0 Å². The van der Waals surface area contributed by atoms with Crippen LogP contribution in [0.25, 0.3) is 0 Å². The fourth-order valence-electron chi connectivity index (χ4n) is 4.29. The quantitative estimate of drug-likeness (QED) is 0.838. The molecule has 3 atom stereocenters. The first-order valence-corrected chi connectivity index (χ1v) is 9.81. The van der Waals surface area contributed by atoms with Gasteiger partial charge in [0.2, 0.25) is 0 Å². The Labute approximate surface area is 154 Å². The third-order valence-electron chi connectivity index (χ3n) is 5.51. The van der Waals surface area contributed by atoms with Crippen molar-refractivity contribution in [2.75, 3.05) is 39.5 Å². The maximum Gasteiger partial charge on any atom is 0.179 e. The Hall–Kier alpha value is -1.01. The summed E-state index contributed by atoms with van der Waals surface area (Å²) < 4.78 is 16.9. The molecule has 1 saturated heterocycles. The standard InChI is InChI=1S/C19H27ClN2O3/c20-15-10-13(11-18-19(15)25-9-8-24-18)4-5-21-16-3-1-2-14(16)17-12-23-7-6-22-17/h10-11,14,16-17,21-22H,1-9,12H2. The second kappa shape index (κ2) is 8.12. The minimum absolute atomic E-state index is 0.498. The van der Waals surface area contributed by atoms with E-state index in [0.717, 1.165) is 38.5 Å². The first-order valence-electron chi connectivity index (χ1n) is 9.44. The Kier molecular flexibility index (Phi) is 5.66. The van der Waals surface area contributed by atoms with Crippen LogP contribution in [0.1, 0.15) is 24.8 Å². The lowest BCUT2D eigenvalue weighted by Crippen LogP contribution is -2.51. The van der Waals surface area contributed by atoms with Gasteiger partial charge in [-0.25, -0.2) is 0 Å². The third kappa shape index (κ3) is 4.05. The number of benzene rings is 1. The van der Waals surface area contributed by atoms with E-state index in [0.29, 0.717) is 42.0 Å². The Bertz CT molecular complexity index is 592. The number of fused-ring (bicyclic) bond motifs is 1. The highest BCUT2D eigenvalue weighted by Crippen LogP contribution is 2.38. The average Bonchev–Trinajstić information content (AvgIpc) is 3.11. The minimum atomic E-state index is 0.498. The minimum Gasteiger partial charge on any atom is -0.486 e. The molecule has 1 saturated carbocycles. The molecule has 0 aromatic heterocycles. The number of halogens is 1. The molecule has 138 valence electrons. The van der Waals surface area contributed by atoms with Gasteiger partial charge in [0.15, 0.2) is 11.5 Å². The zero-order valence-corrected chi connectivity index (χ0v) is 15.3. The van der Waals surface area contributed by atoms with Gasteiger partial charge in [-0.3, -0.25) is 0 Å². The first-order chi connectivity index (χ1) is 12.3. The summed E-state index contributed by atoms with van der Waals surface area (Å²) in [6.07, 6.45) is 4.78. The van der Waals surface area contributed by atoms with E-state index in [1.165, 1.54) is 24.8 Å². The molecule has 25 heavy (non-hydrogen) atoms. The summed E-state index contributed by atoms with van der Waals surface area (Å²) in [4.78, 5) is 0. The van der Waals surface area contributed by atoms with Gasteiger partial charge in [-0.2, -0.15) is 0 Å². The average molecular weight is 367 g/mol. The van der Waals surface area contributed by atoms with Crippen molar-refractivity contribution in [2.24, 2.45) is 5.92 Å². The monoisotopic (exact) mass is 366 g/mol. The molecular weight excluding hydrogens is 340 g/mol. The van der Waals surface area contributed by atoms with Gasteiger partial charge in [0.1, 0.15) is 13.2 Å². The number of ether oxygens (including phenoxy) is 3. The van der Waals surface area contributed by atoms with E-state index in [9.17, 15) is 0 Å². The maximum atomic E-state index is 6.33. The van der Waals surface area contributed by atoms with Crippen LogP contribution in [0.5, 0.6) is 11.5 Å². The zero-order chi connectivity index (χ0) is 17.1. The lowest BCUT2D eigenvalue weighted by Gasteiger charge is -2.33. The van der Waals surface area contributed by atoms with E-state index in [1.807, 2.05) is 6.07 Å². The summed E-state index contributed by atoms with van der Waals surface area (Å²) in [5.74, 6) is 2.13. The second-order valence-electron chi connectivity index (χ2n) is 7.14. The lowest BCUT2D eigenvalue weighted by molar-refractivity contribution is 0.0526. The van der Waals surface area contributed by atoms with Crippen molar-refractivity contribution in [3.05, 3.63) is 22.7 Å². The number of nitrogens with one attached hydrogen (secondary N) is 2. The van der Waals surface area contributed by atoms with Crippen LogP contribution in [0.3, 0.4) is 0 Å². The van der Waals surface area contributed by atoms with Crippen molar-refractivity contribution in [3.8, 4) is 11.5 Å². The van der Waals surface area contributed by atoms with E-state index >= 15 is 0 Å². The van der Waals surface area contributed by atoms with Crippen LogP contribution in [0.4, 0.5) is 0 Å². The predicted octanol–water partition coefficient (Wildman–Crippen LogP) is 2.40. The third-order valence-corrected chi connectivity index (χ3v) is 5.79. The molecule has 0 radical (unpaired) electrons. The van der Waals surface area contributed by atoms with Crippen molar-refractivity contribution in [1.29, 1.82) is 0 Å². The van der Waals surface area contributed by atoms with Crippen LogP contribution >= 0.6 is 11.6 Å². The highest BCUT2D eigenvalue weighted by molar-refractivity contribution is 6.32. The highest BCUT2D eigenvalue weighted by atomic mass is 35.5. The van der Waals surface area contributed by atoms with Crippen molar-refractivity contribution >= 4 is 11.6 Å². The second-order valence-corrected chi connectivity index (χ2v) is 7.55. The first kappa shape index (κ1) is 17.4. The van der Waals surface area contributed by atoms with E-state index < -0.39 is 0 Å². The molecule has 1 aromatic carbocycles. The molecule has 2 aliphatic heterocycles. The highest BCUT2D eigenvalue weighted by Gasteiger charge is 2.34.